The summed E-state index contributed by atoms with van der Waals surface area (Å²) in [4.78, 5) is 21.5. The Morgan fingerprint density at radius 1 is 1.21 bits per heavy atom. The molecule has 0 aromatic rings. The molecule has 3 amide bonds. The molecule has 0 fully saturated rings. The molecule has 6 N–H and O–H groups in total. The predicted octanol–water partition coefficient (Wildman–Crippen LogP) is -1.25. The third-order valence-electron chi connectivity index (χ3n) is 1.74. The SMILES string of the molecule is CC(C)[C@H](N)C(=O)NCCNC(N)=O. The predicted molar refractivity (Wildman–Crippen MR) is 53.4 cm³/mol. The van der Waals surface area contributed by atoms with Gasteiger partial charge in [0.05, 0.1) is 6.04 Å². The third kappa shape index (κ3) is 5.36. The van der Waals surface area contributed by atoms with Crippen molar-refractivity contribution in [1.29, 1.82) is 0 Å². The lowest BCUT2D eigenvalue weighted by Gasteiger charge is -2.15. The van der Waals surface area contributed by atoms with E-state index in [4.69, 9.17) is 11.5 Å². The zero-order valence-electron chi connectivity index (χ0n) is 8.54. The monoisotopic (exact) mass is 202 g/mol. The molecule has 0 unspecified atom stereocenters. The van der Waals surface area contributed by atoms with E-state index in [0.717, 1.165) is 0 Å². The third-order valence-corrected chi connectivity index (χ3v) is 1.74. The van der Waals surface area contributed by atoms with E-state index in [0.29, 0.717) is 13.1 Å². The molecule has 0 aromatic carbocycles. The number of urea groups is 1. The number of hydrogen-bond donors (Lipinski definition) is 4. The van der Waals surface area contributed by atoms with E-state index in [-0.39, 0.29) is 11.8 Å². The first-order valence-electron chi connectivity index (χ1n) is 4.51. The maximum Gasteiger partial charge on any atom is 0.312 e. The second-order valence-electron chi connectivity index (χ2n) is 3.35. The Morgan fingerprint density at radius 2 is 1.71 bits per heavy atom. The normalized spacial score (nSPS) is 12.3. The number of carbonyl (C=O) groups excluding carboxylic acids is 2. The minimum absolute atomic E-state index is 0.0964. The molecule has 6 heteroatoms. The maximum atomic E-state index is 11.2. The van der Waals surface area contributed by atoms with Crippen LogP contribution >= 0.6 is 0 Å². The fraction of sp³-hybridized carbons (Fsp3) is 0.750. The van der Waals surface area contributed by atoms with Crippen molar-refractivity contribution in [1.82, 2.24) is 10.6 Å². The molecule has 6 nitrogen and oxygen atoms in total. The first-order valence-corrected chi connectivity index (χ1v) is 4.51. The molecule has 0 spiro atoms. The molecule has 0 aliphatic carbocycles. The molecule has 0 rings (SSSR count). The van der Waals surface area contributed by atoms with Crippen molar-refractivity contribution in [3.63, 3.8) is 0 Å². The van der Waals surface area contributed by atoms with E-state index in [1.165, 1.54) is 0 Å². The molecule has 0 aliphatic rings. The Bertz CT molecular complexity index is 206. The van der Waals surface area contributed by atoms with Crippen LogP contribution in [0.4, 0.5) is 4.79 Å². The minimum Gasteiger partial charge on any atom is -0.353 e. The molecular formula is C8H18N4O2. The summed E-state index contributed by atoms with van der Waals surface area (Å²) in [5, 5.41) is 4.94. The van der Waals surface area contributed by atoms with Crippen molar-refractivity contribution < 1.29 is 9.59 Å². The summed E-state index contributed by atoms with van der Waals surface area (Å²) in [6.45, 7) is 4.38. The summed E-state index contributed by atoms with van der Waals surface area (Å²) >= 11 is 0. The van der Waals surface area contributed by atoms with Crippen molar-refractivity contribution in [3.8, 4) is 0 Å². The largest absolute Gasteiger partial charge is 0.353 e. The van der Waals surface area contributed by atoms with Crippen molar-refractivity contribution in [2.75, 3.05) is 13.1 Å². The quantitative estimate of drug-likeness (QED) is 0.418. The number of nitrogens with two attached hydrogens (primary N) is 2. The van der Waals surface area contributed by atoms with E-state index in [9.17, 15) is 9.59 Å². The fourth-order valence-corrected chi connectivity index (χ4v) is 0.792. The van der Waals surface area contributed by atoms with Crippen LogP contribution in [0, 0.1) is 5.92 Å². The summed E-state index contributed by atoms with van der Waals surface area (Å²) in [5.74, 6) is -0.120. The summed E-state index contributed by atoms with van der Waals surface area (Å²) in [6.07, 6.45) is 0. The average Bonchev–Trinajstić information content (AvgIpc) is 2.10. The second-order valence-corrected chi connectivity index (χ2v) is 3.35. The van der Waals surface area contributed by atoms with Gasteiger partial charge in [-0.25, -0.2) is 4.79 Å². The molecule has 14 heavy (non-hydrogen) atoms. The molecule has 1 atom stereocenters. The summed E-state index contributed by atoms with van der Waals surface area (Å²) in [7, 11) is 0. The minimum atomic E-state index is -0.604. The summed E-state index contributed by atoms with van der Waals surface area (Å²) in [6, 6.07) is -1.11. The van der Waals surface area contributed by atoms with Crippen LogP contribution < -0.4 is 22.1 Å². The molecule has 0 saturated heterocycles. The van der Waals surface area contributed by atoms with Gasteiger partial charge in [-0.15, -0.1) is 0 Å². The van der Waals surface area contributed by atoms with Gasteiger partial charge in [-0.05, 0) is 5.92 Å². The number of primary amides is 1. The Hall–Kier alpha value is -1.30. The Morgan fingerprint density at radius 3 is 2.14 bits per heavy atom. The van der Waals surface area contributed by atoms with E-state index in [2.05, 4.69) is 10.6 Å². The first kappa shape index (κ1) is 12.7. The van der Waals surface area contributed by atoms with E-state index in [1.54, 1.807) is 0 Å². The lowest BCUT2D eigenvalue weighted by molar-refractivity contribution is -0.123. The van der Waals surface area contributed by atoms with Crippen LogP contribution in [-0.4, -0.2) is 31.1 Å². The van der Waals surface area contributed by atoms with Gasteiger partial charge in [-0.1, -0.05) is 13.8 Å². The van der Waals surface area contributed by atoms with Gasteiger partial charge in [0.25, 0.3) is 0 Å². The zero-order chi connectivity index (χ0) is 11.1. The molecule has 0 heterocycles. The van der Waals surface area contributed by atoms with Crippen molar-refractivity contribution in [2.24, 2.45) is 17.4 Å². The van der Waals surface area contributed by atoms with Crippen LogP contribution in [0.1, 0.15) is 13.8 Å². The van der Waals surface area contributed by atoms with Gasteiger partial charge < -0.3 is 22.1 Å². The Labute approximate surface area is 83.4 Å². The zero-order valence-corrected chi connectivity index (χ0v) is 8.54. The maximum absolute atomic E-state index is 11.2. The molecule has 0 aliphatic heterocycles. The standard InChI is InChI=1S/C8H18N4O2/c1-5(2)6(9)7(13)11-3-4-12-8(10)14/h5-6H,3-4,9H2,1-2H3,(H,11,13)(H3,10,12,14)/t6-/m0/s1. The topological polar surface area (TPSA) is 110 Å². The van der Waals surface area contributed by atoms with Gasteiger partial charge in [0, 0.05) is 13.1 Å². The van der Waals surface area contributed by atoms with Gasteiger partial charge in [-0.2, -0.15) is 0 Å². The summed E-state index contributed by atoms with van der Waals surface area (Å²) in [5.41, 5.74) is 10.4. The number of hydrogen-bond acceptors (Lipinski definition) is 3. The highest BCUT2D eigenvalue weighted by atomic mass is 16.2. The lowest BCUT2D eigenvalue weighted by atomic mass is 10.1. The smallest absolute Gasteiger partial charge is 0.312 e. The van der Waals surface area contributed by atoms with Gasteiger partial charge in [-0.3, -0.25) is 4.79 Å². The number of rotatable bonds is 5. The van der Waals surface area contributed by atoms with Crippen molar-refractivity contribution >= 4 is 11.9 Å². The van der Waals surface area contributed by atoms with Gasteiger partial charge in [0.15, 0.2) is 0 Å². The number of nitrogens with one attached hydrogen (secondary N) is 2. The highest BCUT2D eigenvalue weighted by Crippen LogP contribution is 1.96. The number of amides is 3. The number of carbonyl (C=O) groups is 2. The molecule has 0 bridgehead atoms. The van der Waals surface area contributed by atoms with Crippen LogP contribution in [0.15, 0.2) is 0 Å². The van der Waals surface area contributed by atoms with Gasteiger partial charge >= 0.3 is 6.03 Å². The molecule has 0 saturated carbocycles. The van der Waals surface area contributed by atoms with Crippen LogP contribution in [-0.2, 0) is 4.79 Å². The average molecular weight is 202 g/mol. The van der Waals surface area contributed by atoms with Crippen molar-refractivity contribution in [3.05, 3.63) is 0 Å². The van der Waals surface area contributed by atoms with E-state index >= 15 is 0 Å². The van der Waals surface area contributed by atoms with Crippen molar-refractivity contribution in [2.45, 2.75) is 19.9 Å². The van der Waals surface area contributed by atoms with Crippen LogP contribution in [0.25, 0.3) is 0 Å². The first-order chi connectivity index (χ1) is 6.45. The highest BCUT2D eigenvalue weighted by Gasteiger charge is 2.15. The Balaban J connectivity index is 3.59. The van der Waals surface area contributed by atoms with Gasteiger partial charge in [0.2, 0.25) is 5.91 Å². The van der Waals surface area contributed by atoms with Crippen LogP contribution in [0.5, 0.6) is 0 Å². The van der Waals surface area contributed by atoms with Crippen LogP contribution in [0.3, 0.4) is 0 Å². The molecular weight excluding hydrogens is 184 g/mol. The van der Waals surface area contributed by atoms with E-state index in [1.807, 2.05) is 13.8 Å². The second kappa shape index (κ2) is 6.20. The van der Waals surface area contributed by atoms with E-state index < -0.39 is 12.1 Å². The molecule has 82 valence electrons. The molecule has 0 radical (unpaired) electrons. The lowest BCUT2D eigenvalue weighted by Crippen LogP contribution is -2.46. The fourth-order valence-electron chi connectivity index (χ4n) is 0.792. The summed E-state index contributed by atoms with van der Waals surface area (Å²) < 4.78 is 0. The van der Waals surface area contributed by atoms with Gasteiger partial charge in [0.1, 0.15) is 0 Å². The molecule has 0 aromatic heterocycles. The Kier molecular flexibility index (Phi) is 5.62. The highest BCUT2D eigenvalue weighted by molar-refractivity contribution is 5.81. The van der Waals surface area contributed by atoms with Crippen LogP contribution in [0.2, 0.25) is 0 Å².